The normalized spacial score (nSPS) is 11.6. The molecule has 0 amide bonds. The van der Waals surface area contributed by atoms with Gasteiger partial charge in [-0.1, -0.05) is 41.6 Å². The average molecular weight is 406 g/mol. The van der Waals surface area contributed by atoms with Gasteiger partial charge in [-0.2, -0.15) is 8.78 Å². The van der Waals surface area contributed by atoms with Crippen LogP contribution in [-0.2, 0) is 5.75 Å². The number of hydrogen-bond donors (Lipinski definition) is 0. The van der Waals surface area contributed by atoms with Crippen LogP contribution in [0.2, 0.25) is 5.02 Å². The van der Waals surface area contributed by atoms with Gasteiger partial charge in [0.05, 0.1) is 22.5 Å². The summed E-state index contributed by atoms with van der Waals surface area (Å²) in [6.07, 6.45) is 1.57. The highest BCUT2D eigenvalue weighted by molar-refractivity contribution is 7.98. The van der Waals surface area contributed by atoms with E-state index in [0.29, 0.717) is 21.2 Å². The molecule has 0 aliphatic rings. The van der Waals surface area contributed by atoms with Crippen molar-refractivity contribution >= 4 is 34.4 Å². The lowest BCUT2D eigenvalue weighted by Crippen LogP contribution is -2.04. The van der Waals surface area contributed by atoms with Crippen LogP contribution < -0.4 is 0 Å². The number of halogens is 3. The molecule has 4 aromatic rings. The molecule has 0 bridgehead atoms. The minimum Gasteiger partial charge on any atom is -0.277 e. The molecule has 0 N–H and O–H groups in total. The quantitative estimate of drug-likeness (QED) is 0.424. The molecular formula is C18H14ClF2N5S. The number of hydrogen-bond acceptors (Lipinski definition) is 4. The molecule has 27 heavy (non-hydrogen) atoms. The lowest BCUT2D eigenvalue weighted by atomic mass is 10.2. The monoisotopic (exact) mass is 405 g/mol. The Bertz CT molecular complexity index is 1110. The van der Waals surface area contributed by atoms with Crippen LogP contribution in [-0.4, -0.2) is 24.3 Å². The zero-order valence-corrected chi connectivity index (χ0v) is 15.8. The number of aromatic nitrogens is 5. The Morgan fingerprint density at radius 3 is 2.78 bits per heavy atom. The first-order chi connectivity index (χ1) is 13.0. The molecule has 0 aliphatic heterocycles. The van der Waals surface area contributed by atoms with Crippen LogP contribution in [0.3, 0.4) is 0 Å². The summed E-state index contributed by atoms with van der Waals surface area (Å²) in [6.45, 7) is -0.746. The van der Waals surface area contributed by atoms with E-state index < -0.39 is 6.55 Å². The van der Waals surface area contributed by atoms with Crippen LogP contribution >= 0.6 is 23.4 Å². The molecule has 0 unspecified atom stereocenters. The van der Waals surface area contributed by atoms with Crippen molar-refractivity contribution in [1.82, 2.24) is 24.3 Å². The molecule has 9 heteroatoms. The number of imidazole rings is 1. The van der Waals surface area contributed by atoms with Gasteiger partial charge in [0.1, 0.15) is 12.2 Å². The molecule has 4 rings (SSSR count). The molecule has 0 saturated heterocycles. The van der Waals surface area contributed by atoms with Crippen LogP contribution in [0.5, 0.6) is 0 Å². The Morgan fingerprint density at radius 1 is 1.19 bits per heavy atom. The van der Waals surface area contributed by atoms with Crippen molar-refractivity contribution in [2.24, 2.45) is 0 Å². The number of nitrogens with zero attached hydrogens (tertiary/aromatic N) is 5. The fraction of sp³-hybridized carbons (Fsp3) is 0.167. The standard InChI is InChI=1S/C18H14ClF2N5S/c1-11-6-7-12(8-13(11)19)25-10-22-24-18(25)27-9-16-23-14-4-2-3-5-15(14)26(16)17(20)21/h2-8,10,17H,9H2,1H3. The molecule has 0 radical (unpaired) electrons. The van der Waals surface area contributed by atoms with Gasteiger partial charge in [-0.3, -0.25) is 9.13 Å². The van der Waals surface area contributed by atoms with E-state index in [0.717, 1.165) is 15.8 Å². The van der Waals surface area contributed by atoms with Crippen molar-refractivity contribution in [3.63, 3.8) is 0 Å². The summed E-state index contributed by atoms with van der Waals surface area (Å²) in [6, 6.07) is 12.5. The third-order valence-electron chi connectivity index (χ3n) is 4.14. The molecule has 0 fully saturated rings. The SMILES string of the molecule is Cc1ccc(-n2cnnc2SCc2nc3ccccc3n2C(F)F)cc1Cl. The van der Waals surface area contributed by atoms with E-state index in [4.69, 9.17) is 11.6 Å². The van der Waals surface area contributed by atoms with Crippen LogP contribution in [0.4, 0.5) is 8.78 Å². The zero-order valence-electron chi connectivity index (χ0n) is 14.2. The number of rotatable bonds is 5. The third-order valence-corrected chi connectivity index (χ3v) is 5.49. The third kappa shape index (κ3) is 3.42. The lowest BCUT2D eigenvalue weighted by molar-refractivity contribution is 0.0722. The van der Waals surface area contributed by atoms with Crippen LogP contribution in [0.25, 0.3) is 16.7 Å². The average Bonchev–Trinajstić information content (AvgIpc) is 3.26. The molecular weight excluding hydrogens is 392 g/mol. The molecule has 0 spiro atoms. The van der Waals surface area contributed by atoms with Crippen molar-refractivity contribution < 1.29 is 8.78 Å². The Morgan fingerprint density at radius 2 is 2.00 bits per heavy atom. The number of aryl methyl sites for hydroxylation is 1. The highest BCUT2D eigenvalue weighted by Crippen LogP contribution is 2.29. The molecule has 0 atom stereocenters. The van der Waals surface area contributed by atoms with Gasteiger partial charge in [0.25, 0.3) is 0 Å². The van der Waals surface area contributed by atoms with E-state index in [1.807, 2.05) is 25.1 Å². The highest BCUT2D eigenvalue weighted by atomic mass is 35.5. The topological polar surface area (TPSA) is 48.5 Å². The second kappa shape index (κ2) is 7.28. The summed E-state index contributed by atoms with van der Waals surface area (Å²) < 4.78 is 29.8. The molecule has 138 valence electrons. The van der Waals surface area contributed by atoms with Gasteiger partial charge < -0.3 is 0 Å². The first-order valence-electron chi connectivity index (χ1n) is 8.08. The van der Waals surface area contributed by atoms with Gasteiger partial charge in [-0.05, 0) is 36.8 Å². The van der Waals surface area contributed by atoms with Gasteiger partial charge in [0, 0.05) is 5.02 Å². The number of alkyl halides is 2. The molecule has 2 heterocycles. The number of thioether (sulfide) groups is 1. The Kier molecular flexibility index (Phi) is 4.84. The van der Waals surface area contributed by atoms with Gasteiger partial charge in [-0.15, -0.1) is 10.2 Å². The van der Waals surface area contributed by atoms with Crippen LogP contribution in [0.15, 0.2) is 53.9 Å². The van der Waals surface area contributed by atoms with Crippen molar-refractivity contribution in [3.05, 3.63) is 65.2 Å². The minimum atomic E-state index is -2.67. The predicted octanol–water partition coefficient (Wildman–Crippen LogP) is 5.27. The first kappa shape index (κ1) is 17.9. The molecule has 2 aromatic carbocycles. The van der Waals surface area contributed by atoms with E-state index in [1.165, 1.54) is 11.8 Å². The fourth-order valence-corrected chi connectivity index (χ4v) is 3.81. The summed E-state index contributed by atoms with van der Waals surface area (Å²) in [5, 5.41) is 9.24. The summed E-state index contributed by atoms with van der Waals surface area (Å²) in [5.41, 5.74) is 2.73. The van der Waals surface area contributed by atoms with Gasteiger partial charge in [0.15, 0.2) is 5.16 Å². The molecule has 2 aromatic heterocycles. The highest BCUT2D eigenvalue weighted by Gasteiger charge is 2.18. The van der Waals surface area contributed by atoms with Crippen molar-refractivity contribution in [2.75, 3.05) is 0 Å². The van der Waals surface area contributed by atoms with Gasteiger partial charge in [-0.25, -0.2) is 4.98 Å². The summed E-state index contributed by atoms with van der Waals surface area (Å²) in [4.78, 5) is 4.35. The lowest BCUT2D eigenvalue weighted by Gasteiger charge is -2.09. The van der Waals surface area contributed by atoms with Gasteiger partial charge >= 0.3 is 6.55 Å². The molecule has 0 saturated carbocycles. The second-order valence-electron chi connectivity index (χ2n) is 5.87. The zero-order chi connectivity index (χ0) is 19.0. The van der Waals surface area contributed by atoms with E-state index >= 15 is 0 Å². The molecule has 5 nitrogen and oxygen atoms in total. The largest absolute Gasteiger partial charge is 0.320 e. The van der Waals surface area contributed by atoms with Crippen LogP contribution in [0.1, 0.15) is 17.9 Å². The number of fused-ring (bicyclic) bond motifs is 1. The second-order valence-corrected chi connectivity index (χ2v) is 7.22. The minimum absolute atomic E-state index is 0.233. The Balaban J connectivity index is 1.64. The van der Waals surface area contributed by atoms with Crippen LogP contribution in [0, 0.1) is 6.92 Å². The van der Waals surface area contributed by atoms with Gasteiger partial charge in [0.2, 0.25) is 0 Å². The Labute approximate surface area is 163 Å². The number of para-hydroxylation sites is 2. The predicted molar refractivity (Wildman–Crippen MR) is 102 cm³/mol. The van der Waals surface area contributed by atoms with E-state index in [1.54, 1.807) is 35.2 Å². The van der Waals surface area contributed by atoms with E-state index in [9.17, 15) is 8.78 Å². The van der Waals surface area contributed by atoms with Crippen molar-refractivity contribution in [3.8, 4) is 5.69 Å². The maximum atomic E-state index is 13.5. The summed E-state index contributed by atoms with van der Waals surface area (Å²) in [7, 11) is 0. The van der Waals surface area contributed by atoms with Crippen molar-refractivity contribution in [1.29, 1.82) is 0 Å². The van der Waals surface area contributed by atoms with Crippen molar-refractivity contribution in [2.45, 2.75) is 24.4 Å². The summed E-state index contributed by atoms with van der Waals surface area (Å²) in [5.74, 6) is 0.518. The molecule has 0 aliphatic carbocycles. The smallest absolute Gasteiger partial charge is 0.277 e. The first-order valence-corrected chi connectivity index (χ1v) is 9.44. The van der Waals surface area contributed by atoms with E-state index in [2.05, 4.69) is 15.2 Å². The summed E-state index contributed by atoms with van der Waals surface area (Å²) >= 11 is 7.49. The maximum absolute atomic E-state index is 13.5. The van der Waals surface area contributed by atoms with E-state index in [-0.39, 0.29) is 11.6 Å². The number of benzene rings is 2. The fourth-order valence-electron chi connectivity index (χ4n) is 2.77. The Hall–Kier alpha value is -2.45. The maximum Gasteiger partial charge on any atom is 0.320 e.